The molecule has 29 heavy (non-hydrogen) atoms. The van der Waals surface area contributed by atoms with Gasteiger partial charge in [0.05, 0.1) is 13.7 Å². The first-order valence-electron chi connectivity index (χ1n) is 8.19. The van der Waals surface area contributed by atoms with E-state index in [-0.39, 0.29) is 6.54 Å². The van der Waals surface area contributed by atoms with Gasteiger partial charge in [-0.3, -0.25) is 23.9 Å². The van der Waals surface area contributed by atoms with Crippen molar-refractivity contribution in [2.24, 2.45) is 0 Å². The van der Waals surface area contributed by atoms with Crippen LogP contribution in [0, 0.1) is 0 Å². The number of amides is 2. The summed E-state index contributed by atoms with van der Waals surface area (Å²) in [5, 5.41) is 3.48. The molecule has 0 saturated heterocycles. The lowest BCUT2D eigenvalue weighted by Crippen LogP contribution is -2.61. The summed E-state index contributed by atoms with van der Waals surface area (Å²) >= 11 is 0. The molecular formula is C17H15F3N4O5. The van der Waals surface area contributed by atoms with Crippen LogP contribution in [0.4, 0.5) is 19.0 Å². The Labute approximate surface area is 160 Å². The van der Waals surface area contributed by atoms with E-state index in [9.17, 15) is 32.3 Å². The molecule has 3 N–H and O–H groups in total. The fraction of sp³-hybridized carbons (Fsp3) is 0.294. The Kier molecular flexibility index (Phi) is 4.73. The number of alkyl halides is 3. The maximum atomic E-state index is 13.9. The number of hydrogen-bond acceptors (Lipinski definition) is 5. The van der Waals surface area contributed by atoms with E-state index in [1.54, 1.807) is 29.2 Å². The Bertz CT molecular complexity index is 1120. The Morgan fingerprint density at radius 3 is 2.48 bits per heavy atom. The van der Waals surface area contributed by atoms with E-state index in [4.69, 9.17) is 4.74 Å². The summed E-state index contributed by atoms with van der Waals surface area (Å²) in [7, 11) is 1.37. The Hall–Kier alpha value is -3.57. The van der Waals surface area contributed by atoms with E-state index in [1.165, 1.54) is 12.4 Å². The van der Waals surface area contributed by atoms with Gasteiger partial charge in [0.15, 0.2) is 0 Å². The van der Waals surface area contributed by atoms with E-state index < -0.39 is 46.2 Å². The lowest BCUT2D eigenvalue weighted by atomic mass is 9.92. The van der Waals surface area contributed by atoms with Crippen LogP contribution in [-0.2, 0) is 21.7 Å². The predicted octanol–water partition coefficient (Wildman–Crippen LogP) is 0.439. The highest BCUT2D eigenvalue weighted by Gasteiger charge is 2.68. The van der Waals surface area contributed by atoms with Crippen LogP contribution in [0.3, 0.4) is 0 Å². The maximum Gasteiger partial charge on any atom is 0.425 e. The van der Waals surface area contributed by atoms with Crippen molar-refractivity contribution in [3.05, 3.63) is 56.2 Å². The van der Waals surface area contributed by atoms with Crippen LogP contribution in [0.25, 0.3) is 0 Å². The number of aromatic amines is 1. The largest absolute Gasteiger partial charge is 0.496 e. The SMILES string of the molecule is COc1ccccc1Cn1c2c(c(=O)[nH]c1=O)[C@](NC(C)=O)(C(F)(F)F)C(=O)N2. The number of carbonyl (C=O) groups is 2. The Balaban J connectivity index is 2.29. The van der Waals surface area contributed by atoms with E-state index in [0.717, 1.165) is 11.5 Å². The topological polar surface area (TPSA) is 122 Å². The summed E-state index contributed by atoms with van der Waals surface area (Å²) in [5.41, 5.74) is -6.81. The van der Waals surface area contributed by atoms with Gasteiger partial charge in [0.25, 0.3) is 11.5 Å². The molecule has 1 aromatic heterocycles. The molecular weight excluding hydrogens is 397 g/mol. The summed E-state index contributed by atoms with van der Waals surface area (Å²) < 4.78 is 47.7. The molecule has 1 aromatic carbocycles. The van der Waals surface area contributed by atoms with Crippen LogP contribution in [0.5, 0.6) is 5.75 Å². The van der Waals surface area contributed by atoms with Crippen molar-refractivity contribution < 1.29 is 27.5 Å². The smallest absolute Gasteiger partial charge is 0.425 e. The fourth-order valence-corrected chi connectivity index (χ4v) is 3.24. The first-order valence-corrected chi connectivity index (χ1v) is 8.19. The highest BCUT2D eigenvalue weighted by molar-refractivity contribution is 6.07. The standard InChI is InChI=1S/C17H15F3N4O5/c1-8(25)23-16(17(18,19)20)11-12(21-14(16)27)24(15(28)22-13(11)26)7-9-5-3-4-6-10(9)29-2/h3-6H,7H2,1-2H3,(H,21,27)(H,23,25)(H,22,26,28)/t16-/m1/s1. The normalized spacial score (nSPS) is 18.2. The van der Waals surface area contributed by atoms with E-state index in [2.05, 4.69) is 0 Å². The van der Waals surface area contributed by atoms with Crippen LogP contribution in [0.2, 0.25) is 0 Å². The van der Waals surface area contributed by atoms with Crippen molar-refractivity contribution in [1.29, 1.82) is 0 Å². The first kappa shape index (κ1) is 20.2. The summed E-state index contributed by atoms with van der Waals surface area (Å²) in [6, 6.07) is 6.40. The number of fused-ring (bicyclic) bond motifs is 1. The number of halogens is 3. The number of methoxy groups -OCH3 is 1. The molecule has 2 heterocycles. The minimum atomic E-state index is -5.35. The summed E-state index contributed by atoms with van der Waals surface area (Å²) in [4.78, 5) is 50.3. The van der Waals surface area contributed by atoms with Gasteiger partial charge in [-0.25, -0.2) is 4.79 Å². The van der Waals surface area contributed by atoms with Crippen LogP contribution in [-0.4, -0.2) is 34.7 Å². The number of hydrogen-bond donors (Lipinski definition) is 3. The van der Waals surface area contributed by atoms with Gasteiger partial charge in [-0.05, 0) is 6.07 Å². The van der Waals surface area contributed by atoms with Gasteiger partial charge in [-0.2, -0.15) is 13.2 Å². The third-order valence-electron chi connectivity index (χ3n) is 4.46. The minimum Gasteiger partial charge on any atom is -0.496 e. The van der Waals surface area contributed by atoms with Crippen LogP contribution in [0.1, 0.15) is 18.1 Å². The van der Waals surface area contributed by atoms with Crippen molar-refractivity contribution in [1.82, 2.24) is 14.9 Å². The van der Waals surface area contributed by atoms with Gasteiger partial charge in [0.1, 0.15) is 17.1 Å². The molecule has 1 aliphatic heterocycles. The zero-order chi connectivity index (χ0) is 21.6. The molecule has 2 amide bonds. The van der Waals surface area contributed by atoms with Crippen LogP contribution >= 0.6 is 0 Å². The molecule has 0 fully saturated rings. The fourth-order valence-electron chi connectivity index (χ4n) is 3.24. The number of rotatable bonds is 4. The monoisotopic (exact) mass is 412 g/mol. The molecule has 9 nitrogen and oxygen atoms in total. The molecule has 2 aromatic rings. The summed E-state index contributed by atoms with van der Waals surface area (Å²) in [6.45, 7) is 0.466. The third kappa shape index (κ3) is 3.05. The lowest BCUT2D eigenvalue weighted by molar-refractivity contribution is -0.200. The number of ether oxygens (including phenoxy) is 1. The van der Waals surface area contributed by atoms with Gasteiger partial charge in [-0.15, -0.1) is 0 Å². The number of benzene rings is 1. The van der Waals surface area contributed by atoms with Gasteiger partial charge in [-0.1, -0.05) is 18.2 Å². The number of para-hydroxylation sites is 1. The molecule has 0 saturated carbocycles. The molecule has 0 unspecified atom stereocenters. The zero-order valence-electron chi connectivity index (χ0n) is 15.1. The van der Waals surface area contributed by atoms with E-state index in [0.29, 0.717) is 11.3 Å². The molecule has 12 heteroatoms. The average Bonchev–Trinajstić information content (AvgIpc) is 2.92. The number of aromatic nitrogens is 2. The first-order chi connectivity index (χ1) is 13.5. The number of nitrogens with one attached hydrogen (secondary N) is 3. The van der Waals surface area contributed by atoms with Crippen molar-refractivity contribution >= 4 is 17.6 Å². The Morgan fingerprint density at radius 1 is 1.24 bits per heavy atom. The van der Waals surface area contributed by atoms with Gasteiger partial charge in [0, 0.05) is 12.5 Å². The maximum absolute atomic E-state index is 13.9. The molecule has 0 spiro atoms. The number of anilines is 1. The van der Waals surface area contributed by atoms with Crippen molar-refractivity contribution in [2.45, 2.75) is 25.2 Å². The second-order valence-electron chi connectivity index (χ2n) is 6.26. The summed E-state index contributed by atoms with van der Waals surface area (Å²) in [5.74, 6) is -3.19. The molecule has 3 rings (SSSR count). The average molecular weight is 412 g/mol. The second-order valence-corrected chi connectivity index (χ2v) is 6.26. The minimum absolute atomic E-state index is 0.309. The van der Waals surface area contributed by atoms with Gasteiger partial charge < -0.3 is 15.4 Å². The third-order valence-corrected chi connectivity index (χ3v) is 4.46. The zero-order valence-corrected chi connectivity index (χ0v) is 15.1. The molecule has 1 atom stereocenters. The summed E-state index contributed by atoms with van der Waals surface area (Å²) in [6.07, 6.45) is -5.35. The Morgan fingerprint density at radius 2 is 1.90 bits per heavy atom. The number of nitrogens with zero attached hydrogens (tertiary/aromatic N) is 1. The number of H-pyrrole nitrogens is 1. The lowest BCUT2D eigenvalue weighted by Gasteiger charge is -2.29. The van der Waals surface area contributed by atoms with Crippen LogP contribution in [0.15, 0.2) is 33.9 Å². The van der Waals surface area contributed by atoms with Crippen molar-refractivity contribution in [2.75, 3.05) is 12.4 Å². The molecule has 154 valence electrons. The van der Waals surface area contributed by atoms with E-state index in [1.807, 2.05) is 5.32 Å². The van der Waals surface area contributed by atoms with Crippen molar-refractivity contribution in [3.8, 4) is 5.75 Å². The van der Waals surface area contributed by atoms with Crippen LogP contribution < -0.4 is 26.6 Å². The molecule has 0 aliphatic carbocycles. The quantitative estimate of drug-likeness (QED) is 0.673. The van der Waals surface area contributed by atoms with Gasteiger partial charge in [0.2, 0.25) is 11.4 Å². The highest BCUT2D eigenvalue weighted by Crippen LogP contribution is 2.45. The predicted molar refractivity (Wildman–Crippen MR) is 93.6 cm³/mol. The van der Waals surface area contributed by atoms with E-state index >= 15 is 0 Å². The second kappa shape index (κ2) is 6.79. The molecule has 0 bridgehead atoms. The number of carbonyl (C=O) groups excluding carboxylic acids is 2. The van der Waals surface area contributed by atoms with Gasteiger partial charge >= 0.3 is 11.9 Å². The molecule has 1 aliphatic rings. The molecule has 0 radical (unpaired) electrons. The van der Waals surface area contributed by atoms with Crippen molar-refractivity contribution in [3.63, 3.8) is 0 Å². The highest BCUT2D eigenvalue weighted by atomic mass is 19.4.